The van der Waals surface area contributed by atoms with Crippen LogP contribution in [0.4, 0.5) is 0 Å². The van der Waals surface area contributed by atoms with Crippen LogP contribution < -0.4 is 5.32 Å². The number of thiol groups is 1. The molecule has 0 aliphatic rings. The van der Waals surface area contributed by atoms with Crippen molar-refractivity contribution in [1.29, 1.82) is 0 Å². The lowest BCUT2D eigenvalue weighted by molar-refractivity contribution is 0.441. The normalized spacial score (nSPS) is 9.73. The molecule has 0 fully saturated rings. The highest BCUT2D eigenvalue weighted by Gasteiger charge is 2.00. The summed E-state index contributed by atoms with van der Waals surface area (Å²) in [5, 5.41) is 3.09. The second-order valence-corrected chi connectivity index (χ2v) is 3.43. The topological polar surface area (TPSA) is 15.3 Å². The number of hydrogen-bond acceptors (Lipinski definition) is 2. The first kappa shape index (κ1) is 11.2. The van der Waals surface area contributed by atoms with E-state index >= 15 is 0 Å². The second kappa shape index (κ2) is 6.88. The fourth-order valence-electron chi connectivity index (χ4n) is 0.836. The lowest BCUT2D eigenvalue weighted by Crippen LogP contribution is -2.28. The third-order valence-corrected chi connectivity index (χ3v) is 2.05. The number of hydrogen-bond donors (Lipinski definition) is 2. The minimum atomic E-state index is 0.698. The molecule has 4 heteroatoms. The number of thiocarbonyl (C=S) groups is 1. The smallest absolute Gasteiger partial charge is 0.133 e. The maximum atomic E-state index is 4.94. The summed E-state index contributed by atoms with van der Waals surface area (Å²) >= 11 is 9.05. The minimum Gasteiger partial charge on any atom is -0.358 e. The maximum absolute atomic E-state index is 4.94. The molecule has 0 aromatic heterocycles. The van der Waals surface area contributed by atoms with Gasteiger partial charge in [0.05, 0.1) is 0 Å². The molecule has 0 aliphatic heterocycles. The predicted octanol–water partition coefficient (Wildman–Crippen LogP) is 1.13. The summed E-state index contributed by atoms with van der Waals surface area (Å²) in [5.74, 6) is 0. The molecule has 0 bridgehead atoms. The maximum Gasteiger partial charge on any atom is 0.133 e. The minimum absolute atomic E-state index is 0.698. The Hall–Kier alpha value is 0.200. The molecule has 1 N–H and O–H groups in total. The Morgan fingerprint density at radius 3 is 2.64 bits per heavy atom. The highest BCUT2D eigenvalue weighted by molar-refractivity contribution is 8.10. The Morgan fingerprint density at radius 2 is 2.27 bits per heavy atom. The van der Waals surface area contributed by atoms with E-state index in [0.29, 0.717) is 4.32 Å². The third kappa shape index (κ3) is 5.47. The van der Waals surface area contributed by atoms with Crippen LogP contribution in [0.25, 0.3) is 0 Å². The van der Waals surface area contributed by atoms with Crippen molar-refractivity contribution in [3.63, 3.8) is 0 Å². The second-order valence-electron chi connectivity index (χ2n) is 2.32. The Morgan fingerprint density at radius 1 is 1.64 bits per heavy atom. The summed E-state index contributed by atoms with van der Waals surface area (Å²) in [6.07, 6.45) is 1.12. The van der Waals surface area contributed by atoms with Crippen LogP contribution in [0, 0.1) is 0 Å². The monoisotopic (exact) mass is 192 g/mol. The van der Waals surface area contributed by atoms with E-state index in [1.165, 1.54) is 0 Å². The van der Waals surface area contributed by atoms with Crippen LogP contribution in [-0.4, -0.2) is 35.9 Å². The average molecular weight is 192 g/mol. The van der Waals surface area contributed by atoms with E-state index in [4.69, 9.17) is 12.2 Å². The molecule has 0 atom stereocenters. The van der Waals surface area contributed by atoms with E-state index in [0.717, 1.165) is 26.1 Å². The van der Waals surface area contributed by atoms with Crippen molar-refractivity contribution >= 4 is 29.2 Å². The first-order chi connectivity index (χ1) is 5.22. The summed E-state index contributed by atoms with van der Waals surface area (Å²) in [6.45, 7) is 5.07. The standard InChI is InChI=1S/C7H16N2S2/c1-3-9(7(10)11)6-4-5-8-2/h8H,3-6H2,1-2H3,(H,10,11). The van der Waals surface area contributed by atoms with Crippen LogP contribution in [0.15, 0.2) is 0 Å². The fourth-order valence-corrected chi connectivity index (χ4v) is 1.30. The fraction of sp³-hybridized carbons (Fsp3) is 0.857. The zero-order valence-corrected chi connectivity index (χ0v) is 8.84. The summed E-state index contributed by atoms with van der Waals surface area (Å²) in [6, 6.07) is 0. The highest BCUT2D eigenvalue weighted by Crippen LogP contribution is 1.96. The van der Waals surface area contributed by atoms with Gasteiger partial charge < -0.3 is 10.2 Å². The van der Waals surface area contributed by atoms with Gasteiger partial charge in [0.15, 0.2) is 0 Å². The van der Waals surface area contributed by atoms with Crippen molar-refractivity contribution in [3.8, 4) is 0 Å². The van der Waals surface area contributed by atoms with Gasteiger partial charge in [0, 0.05) is 13.1 Å². The largest absolute Gasteiger partial charge is 0.358 e. The average Bonchev–Trinajstić information content (AvgIpc) is 1.97. The molecule has 0 aromatic carbocycles. The first-order valence-electron chi connectivity index (χ1n) is 3.84. The molecule has 0 amide bonds. The van der Waals surface area contributed by atoms with E-state index in [1.807, 2.05) is 7.05 Å². The van der Waals surface area contributed by atoms with Gasteiger partial charge >= 0.3 is 0 Å². The third-order valence-electron chi connectivity index (χ3n) is 1.51. The molecule has 11 heavy (non-hydrogen) atoms. The molecule has 0 heterocycles. The summed E-state index contributed by atoms with van der Waals surface area (Å²) in [7, 11) is 1.95. The Bertz CT molecular complexity index is 117. The summed E-state index contributed by atoms with van der Waals surface area (Å²) < 4.78 is 0.698. The molecule has 0 saturated carbocycles. The molecule has 0 unspecified atom stereocenters. The molecular formula is C7H16N2S2. The Labute approximate surface area is 79.8 Å². The summed E-state index contributed by atoms with van der Waals surface area (Å²) in [4.78, 5) is 2.08. The SMILES string of the molecule is CCN(CCCNC)C(=S)S. The molecule has 0 radical (unpaired) electrons. The molecule has 66 valence electrons. The first-order valence-corrected chi connectivity index (χ1v) is 4.70. The zero-order valence-electron chi connectivity index (χ0n) is 7.13. The number of nitrogens with one attached hydrogen (secondary N) is 1. The van der Waals surface area contributed by atoms with Crippen LogP contribution in [0.5, 0.6) is 0 Å². The molecule has 0 spiro atoms. The molecule has 0 aromatic rings. The van der Waals surface area contributed by atoms with Gasteiger partial charge in [0.2, 0.25) is 0 Å². The zero-order chi connectivity index (χ0) is 8.69. The Kier molecular flexibility index (Phi) is 7.01. The molecular weight excluding hydrogens is 176 g/mol. The van der Waals surface area contributed by atoms with Crippen molar-refractivity contribution in [2.45, 2.75) is 13.3 Å². The van der Waals surface area contributed by atoms with E-state index in [1.54, 1.807) is 0 Å². The van der Waals surface area contributed by atoms with Crippen LogP contribution in [-0.2, 0) is 0 Å². The predicted molar refractivity (Wildman–Crippen MR) is 57.4 cm³/mol. The lowest BCUT2D eigenvalue weighted by atomic mass is 10.4. The van der Waals surface area contributed by atoms with E-state index in [-0.39, 0.29) is 0 Å². The van der Waals surface area contributed by atoms with E-state index in [9.17, 15) is 0 Å². The van der Waals surface area contributed by atoms with E-state index < -0.39 is 0 Å². The van der Waals surface area contributed by atoms with Crippen LogP contribution >= 0.6 is 24.8 Å². The lowest BCUT2D eigenvalue weighted by Gasteiger charge is -2.19. The highest BCUT2D eigenvalue weighted by atomic mass is 32.1. The quantitative estimate of drug-likeness (QED) is 0.386. The van der Waals surface area contributed by atoms with Gasteiger partial charge in [-0.3, -0.25) is 0 Å². The van der Waals surface area contributed by atoms with Crippen molar-refractivity contribution < 1.29 is 0 Å². The van der Waals surface area contributed by atoms with Gasteiger partial charge in [-0.15, -0.1) is 12.6 Å². The molecule has 0 saturated heterocycles. The van der Waals surface area contributed by atoms with Crippen molar-refractivity contribution in [3.05, 3.63) is 0 Å². The molecule has 0 aliphatic carbocycles. The van der Waals surface area contributed by atoms with Gasteiger partial charge in [0.1, 0.15) is 4.32 Å². The number of nitrogens with zero attached hydrogens (tertiary/aromatic N) is 1. The van der Waals surface area contributed by atoms with Crippen molar-refractivity contribution in [2.75, 3.05) is 26.7 Å². The van der Waals surface area contributed by atoms with Gasteiger partial charge in [-0.05, 0) is 26.9 Å². The molecule has 0 rings (SSSR count). The number of rotatable bonds is 5. The van der Waals surface area contributed by atoms with Crippen LogP contribution in [0.2, 0.25) is 0 Å². The van der Waals surface area contributed by atoms with Gasteiger partial charge in [-0.1, -0.05) is 12.2 Å². The van der Waals surface area contributed by atoms with Gasteiger partial charge in [0.25, 0.3) is 0 Å². The van der Waals surface area contributed by atoms with Crippen LogP contribution in [0.1, 0.15) is 13.3 Å². The van der Waals surface area contributed by atoms with E-state index in [2.05, 4.69) is 29.8 Å². The van der Waals surface area contributed by atoms with Gasteiger partial charge in [-0.25, -0.2) is 0 Å². The molecule has 2 nitrogen and oxygen atoms in total. The Balaban J connectivity index is 3.44. The van der Waals surface area contributed by atoms with Crippen LogP contribution in [0.3, 0.4) is 0 Å². The van der Waals surface area contributed by atoms with Crippen molar-refractivity contribution in [1.82, 2.24) is 10.2 Å². The summed E-state index contributed by atoms with van der Waals surface area (Å²) in [5.41, 5.74) is 0. The van der Waals surface area contributed by atoms with Crippen molar-refractivity contribution in [2.24, 2.45) is 0 Å². The van der Waals surface area contributed by atoms with Gasteiger partial charge in [-0.2, -0.15) is 0 Å².